The fraction of sp³-hybridized carbons (Fsp3) is 0.500. The summed E-state index contributed by atoms with van der Waals surface area (Å²) in [6, 6.07) is 15.3. The molecule has 4 nitrogen and oxygen atoms in total. The van der Waals surface area contributed by atoms with Crippen molar-refractivity contribution in [3.8, 4) is 16.9 Å². The van der Waals surface area contributed by atoms with E-state index in [9.17, 15) is 9.59 Å². The van der Waals surface area contributed by atoms with E-state index in [1.54, 1.807) is 19.1 Å². The van der Waals surface area contributed by atoms with E-state index in [4.69, 9.17) is 9.47 Å². The van der Waals surface area contributed by atoms with Gasteiger partial charge in [0, 0.05) is 6.42 Å². The maximum absolute atomic E-state index is 12.4. The summed E-state index contributed by atoms with van der Waals surface area (Å²) in [5, 5.41) is 0. The molecule has 0 spiro atoms. The van der Waals surface area contributed by atoms with Gasteiger partial charge in [-0.2, -0.15) is 0 Å². The van der Waals surface area contributed by atoms with Crippen LogP contribution in [0.3, 0.4) is 0 Å². The van der Waals surface area contributed by atoms with Crippen molar-refractivity contribution in [2.24, 2.45) is 0 Å². The van der Waals surface area contributed by atoms with Gasteiger partial charge in [0.05, 0.1) is 12.2 Å². The summed E-state index contributed by atoms with van der Waals surface area (Å²) in [6.07, 6.45) is 8.78. The quantitative estimate of drug-likeness (QED) is 0.215. The molecule has 2 aromatic carbocycles. The Morgan fingerprint density at radius 1 is 0.750 bits per heavy atom. The molecule has 0 heterocycles. The van der Waals surface area contributed by atoms with Crippen LogP contribution in [0.1, 0.15) is 88.9 Å². The van der Waals surface area contributed by atoms with Crippen LogP contribution in [0.2, 0.25) is 0 Å². The lowest BCUT2D eigenvalue weighted by Gasteiger charge is -2.12. The zero-order chi connectivity index (χ0) is 23.2. The maximum Gasteiger partial charge on any atom is 0.338 e. The second-order valence-corrected chi connectivity index (χ2v) is 8.34. The molecule has 0 aliphatic rings. The highest BCUT2D eigenvalue weighted by Gasteiger charge is 2.18. The molecular weight excluding hydrogens is 400 g/mol. The highest BCUT2D eigenvalue weighted by atomic mass is 16.5. The molecule has 0 amide bonds. The Morgan fingerprint density at radius 2 is 1.31 bits per heavy atom. The van der Waals surface area contributed by atoms with Gasteiger partial charge in [0.1, 0.15) is 5.75 Å². The summed E-state index contributed by atoms with van der Waals surface area (Å²) in [7, 11) is 0. The number of hydrogen-bond acceptors (Lipinski definition) is 4. The minimum Gasteiger partial charge on any atom is -0.494 e. The monoisotopic (exact) mass is 438 g/mol. The number of ketones is 1. The van der Waals surface area contributed by atoms with Crippen molar-refractivity contribution in [2.45, 2.75) is 84.7 Å². The molecule has 1 unspecified atom stereocenters. The van der Waals surface area contributed by atoms with Crippen molar-refractivity contribution >= 4 is 11.8 Å². The normalized spacial score (nSPS) is 11.7. The molecule has 0 fully saturated rings. The average Bonchev–Trinajstić information content (AvgIpc) is 2.82. The minimum atomic E-state index is -0.710. The van der Waals surface area contributed by atoms with Crippen LogP contribution >= 0.6 is 0 Å². The van der Waals surface area contributed by atoms with Crippen LogP contribution in [0.25, 0.3) is 11.1 Å². The lowest BCUT2D eigenvalue weighted by molar-refractivity contribution is -0.127. The summed E-state index contributed by atoms with van der Waals surface area (Å²) in [5.41, 5.74) is 2.51. The van der Waals surface area contributed by atoms with Crippen LogP contribution < -0.4 is 4.74 Å². The van der Waals surface area contributed by atoms with Crippen molar-refractivity contribution in [1.29, 1.82) is 0 Å². The van der Waals surface area contributed by atoms with Crippen LogP contribution in [0.5, 0.6) is 5.75 Å². The second kappa shape index (κ2) is 14.4. The van der Waals surface area contributed by atoms with Crippen LogP contribution in [0.15, 0.2) is 48.5 Å². The Balaban J connectivity index is 1.83. The zero-order valence-electron chi connectivity index (χ0n) is 19.9. The summed E-state index contributed by atoms with van der Waals surface area (Å²) in [4.78, 5) is 24.5. The number of rotatable bonds is 15. The molecule has 4 heteroatoms. The molecule has 0 aliphatic heterocycles. The van der Waals surface area contributed by atoms with Crippen molar-refractivity contribution < 1.29 is 19.1 Å². The van der Waals surface area contributed by atoms with E-state index in [0.29, 0.717) is 12.0 Å². The van der Waals surface area contributed by atoms with Crippen LogP contribution in [0.4, 0.5) is 0 Å². The first-order valence-corrected chi connectivity index (χ1v) is 12.1. The number of ether oxygens (including phenoxy) is 2. The zero-order valence-corrected chi connectivity index (χ0v) is 19.9. The minimum absolute atomic E-state index is 0.0216. The predicted octanol–water partition coefficient (Wildman–Crippen LogP) is 7.40. The van der Waals surface area contributed by atoms with Gasteiger partial charge in [-0.05, 0) is 55.2 Å². The van der Waals surface area contributed by atoms with E-state index < -0.39 is 12.1 Å². The Morgan fingerprint density at radius 3 is 1.94 bits per heavy atom. The summed E-state index contributed by atoms with van der Waals surface area (Å²) < 4.78 is 11.2. The molecule has 0 aliphatic carbocycles. The first-order valence-electron chi connectivity index (χ1n) is 12.1. The largest absolute Gasteiger partial charge is 0.494 e. The lowest BCUT2D eigenvalue weighted by atomic mass is 10.0. The van der Waals surface area contributed by atoms with Crippen LogP contribution in [0, 0.1) is 0 Å². The van der Waals surface area contributed by atoms with E-state index in [2.05, 4.69) is 13.8 Å². The van der Waals surface area contributed by atoms with Gasteiger partial charge in [-0.25, -0.2) is 4.79 Å². The van der Waals surface area contributed by atoms with Gasteiger partial charge in [-0.1, -0.05) is 76.6 Å². The molecule has 32 heavy (non-hydrogen) atoms. The summed E-state index contributed by atoms with van der Waals surface area (Å²) in [6.45, 7) is 6.71. The van der Waals surface area contributed by atoms with E-state index in [1.807, 2.05) is 36.4 Å². The Hall–Kier alpha value is -2.62. The lowest BCUT2D eigenvalue weighted by Crippen LogP contribution is -2.24. The highest BCUT2D eigenvalue weighted by molar-refractivity contribution is 5.93. The van der Waals surface area contributed by atoms with Gasteiger partial charge in [0.2, 0.25) is 0 Å². The third kappa shape index (κ3) is 8.86. The van der Waals surface area contributed by atoms with E-state index in [1.165, 1.54) is 25.7 Å². The molecule has 2 rings (SSSR count). The third-order valence-corrected chi connectivity index (χ3v) is 5.59. The molecule has 174 valence electrons. The smallest absolute Gasteiger partial charge is 0.338 e. The summed E-state index contributed by atoms with van der Waals surface area (Å²) >= 11 is 0. The number of hydrogen-bond donors (Lipinski definition) is 0. The number of carbonyl (C=O) groups excluding carboxylic acids is 2. The number of unbranched alkanes of at least 4 members (excludes halogenated alkanes) is 6. The van der Waals surface area contributed by atoms with Crippen molar-refractivity contribution in [2.75, 3.05) is 6.61 Å². The van der Waals surface area contributed by atoms with Gasteiger partial charge >= 0.3 is 5.97 Å². The van der Waals surface area contributed by atoms with Gasteiger partial charge in [0.25, 0.3) is 0 Å². The second-order valence-electron chi connectivity index (χ2n) is 8.34. The van der Waals surface area contributed by atoms with E-state index in [0.717, 1.165) is 49.2 Å². The van der Waals surface area contributed by atoms with Gasteiger partial charge in [-0.15, -0.1) is 0 Å². The van der Waals surface area contributed by atoms with E-state index in [-0.39, 0.29) is 5.78 Å². The molecule has 0 saturated heterocycles. The van der Waals surface area contributed by atoms with Crippen molar-refractivity contribution in [3.63, 3.8) is 0 Å². The molecule has 0 saturated carbocycles. The SMILES string of the molecule is CCCCCCCOc1ccc(-c2ccc(C(=O)OC(C)C(=O)CCCCC)cc2)cc1. The molecule has 1 atom stereocenters. The van der Waals surface area contributed by atoms with Crippen molar-refractivity contribution in [3.05, 3.63) is 54.1 Å². The molecule has 0 N–H and O–H groups in total. The predicted molar refractivity (Wildman–Crippen MR) is 130 cm³/mol. The molecule has 0 bridgehead atoms. The Bertz CT molecular complexity index is 808. The Kier molecular flexibility index (Phi) is 11.6. The highest BCUT2D eigenvalue weighted by Crippen LogP contribution is 2.23. The molecular formula is C28H38O4. The van der Waals surface area contributed by atoms with Gasteiger partial charge in [0.15, 0.2) is 11.9 Å². The van der Waals surface area contributed by atoms with Gasteiger partial charge in [-0.3, -0.25) is 4.79 Å². The molecule has 0 aromatic heterocycles. The fourth-order valence-corrected chi connectivity index (χ4v) is 3.48. The first-order chi connectivity index (χ1) is 15.5. The molecule has 0 radical (unpaired) electrons. The Labute approximate surface area is 193 Å². The summed E-state index contributed by atoms with van der Waals surface area (Å²) in [5.74, 6) is 0.393. The standard InChI is InChI=1S/C28H38O4/c1-4-6-8-9-11-21-31-26-19-17-24(18-20-26)23-13-15-25(16-14-23)28(30)32-22(3)27(29)12-10-7-5-2/h13-20,22H,4-12,21H2,1-3H3. The van der Waals surface area contributed by atoms with Gasteiger partial charge < -0.3 is 9.47 Å². The average molecular weight is 439 g/mol. The number of esters is 1. The van der Waals surface area contributed by atoms with Crippen LogP contribution in [-0.2, 0) is 9.53 Å². The number of Topliss-reactive ketones (excluding diaryl/α,β-unsaturated/α-hetero) is 1. The van der Waals surface area contributed by atoms with Crippen molar-refractivity contribution in [1.82, 2.24) is 0 Å². The third-order valence-electron chi connectivity index (χ3n) is 5.59. The van der Waals surface area contributed by atoms with E-state index >= 15 is 0 Å². The number of benzene rings is 2. The van der Waals surface area contributed by atoms with Crippen LogP contribution in [-0.4, -0.2) is 24.5 Å². The fourth-order valence-electron chi connectivity index (χ4n) is 3.48. The molecule has 2 aromatic rings. The topological polar surface area (TPSA) is 52.6 Å². The number of carbonyl (C=O) groups is 2. The maximum atomic E-state index is 12.4. The first kappa shape index (κ1) is 25.6.